The van der Waals surface area contributed by atoms with Crippen LogP contribution < -0.4 is 10.6 Å². The molecule has 2 N–H and O–H groups in total. The van der Waals surface area contributed by atoms with E-state index in [1.54, 1.807) is 7.05 Å². The van der Waals surface area contributed by atoms with Crippen LogP contribution in [0.25, 0.3) is 0 Å². The monoisotopic (exact) mass is 226 g/mol. The van der Waals surface area contributed by atoms with Crippen molar-refractivity contribution in [3.63, 3.8) is 0 Å². The first-order chi connectivity index (χ1) is 7.54. The molecule has 0 heterocycles. The highest BCUT2D eigenvalue weighted by molar-refractivity contribution is 5.80. The molecule has 3 nitrogen and oxygen atoms in total. The predicted octanol–water partition coefficient (Wildman–Crippen LogP) is 1.93. The average molecular weight is 226 g/mol. The first-order valence-corrected chi connectivity index (χ1v) is 6.52. The molecular formula is C13H26N2O. The minimum atomic E-state index is -0.0643. The van der Waals surface area contributed by atoms with Crippen molar-refractivity contribution in [2.24, 2.45) is 11.8 Å². The normalized spacial score (nSPS) is 27.8. The maximum Gasteiger partial charge on any atom is 0.236 e. The summed E-state index contributed by atoms with van der Waals surface area (Å²) in [6, 6.07) is 0.466. The second-order valence-electron chi connectivity index (χ2n) is 5.36. The zero-order chi connectivity index (χ0) is 12.1. The third-order valence-electron chi connectivity index (χ3n) is 3.84. The Balaban J connectivity index is 2.29. The van der Waals surface area contributed by atoms with Gasteiger partial charge in [-0.15, -0.1) is 0 Å². The van der Waals surface area contributed by atoms with Gasteiger partial charge in [-0.1, -0.05) is 13.8 Å². The van der Waals surface area contributed by atoms with E-state index in [4.69, 9.17) is 0 Å². The van der Waals surface area contributed by atoms with Crippen LogP contribution in [0.4, 0.5) is 0 Å². The van der Waals surface area contributed by atoms with Gasteiger partial charge in [-0.25, -0.2) is 0 Å². The predicted molar refractivity (Wildman–Crippen MR) is 67.2 cm³/mol. The average Bonchev–Trinajstić information content (AvgIpc) is 2.28. The molecule has 0 spiro atoms. The summed E-state index contributed by atoms with van der Waals surface area (Å²) in [6.07, 6.45) is 5.03. The molecule has 0 aromatic carbocycles. The lowest BCUT2D eigenvalue weighted by molar-refractivity contribution is -0.122. The van der Waals surface area contributed by atoms with Crippen LogP contribution in [-0.4, -0.2) is 25.0 Å². The highest BCUT2D eigenvalue weighted by Gasteiger charge is 2.25. The van der Waals surface area contributed by atoms with Crippen molar-refractivity contribution in [1.29, 1.82) is 0 Å². The largest absolute Gasteiger partial charge is 0.358 e. The minimum Gasteiger partial charge on any atom is -0.358 e. The number of rotatable bonds is 4. The van der Waals surface area contributed by atoms with Crippen LogP contribution in [0.3, 0.4) is 0 Å². The van der Waals surface area contributed by atoms with Crippen LogP contribution in [0.2, 0.25) is 0 Å². The van der Waals surface area contributed by atoms with Gasteiger partial charge in [0.05, 0.1) is 6.04 Å². The number of nitrogens with one attached hydrogen (secondary N) is 2. The van der Waals surface area contributed by atoms with Gasteiger partial charge in [0.25, 0.3) is 0 Å². The van der Waals surface area contributed by atoms with Crippen molar-refractivity contribution in [3.05, 3.63) is 0 Å². The van der Waals surface area contributed by atoms with E-state index in [2.05, 4.69) is 24.5 Å². The molecule has 0 aliphatic heterocycles. The molecule has 0 bridgehead atoms. The molecule has 1 unspecified atom stereocenters. The number of carbonyl (C=O) groups excluding carboxylic acids is 1. The second-order valence-corrected chi connectivity index (χ2v) is 5.36. The van der Waals surface area contributed by atoms with E-state index in [1.807, 2.05) is 6.92 Å². The maximum absolute atomic E-state index is 11.4. The topological polar surface area (TPSA) is 41.1 Å². The lowest BCUT2D eigenvalue weighted by atomic mass is 9.79. The fourth-order valence-corrected chi connectivity index (χ4v) is 2.60. The van der Waals surface area contributed by atoms with Crippen LogP contribution in [0.15, 0.2) is 0 Å². The van der Waals surface area contributed by atoms with Crippen molar-refractivity contribution < 1.29 is 4.79 Å². The van der Waals surface area contributed by atoms with Crippen LogP contribution >= 0.6 is 0 Å². The van der Waals surface area contributed by atoms with Crippen molar-refractivity contribution in [2.45, 2.75) is 58.5 Å². The summed E-state index contributed by atoms with van der Waals surface area (Å²) in [5.74, 6) is 1.77. The van der Waals surface area contributed by atoms with Crippen LogP contribution in [0.1, 0.15) is 46.5 Å². The SMILES string of the molecule is CNC(=O)C(C)NC1CCC(C(C)C)CC1. The number of hydrogen-bond donors (Lipinski definition) is 2. The fourth-order valence-electron chi connectivity index (χ4n) is 2.60. The molecule has 0 saturated heterocycles. The molecule has 3 heteroatoms. The van der Waals surface area contributed by atoms with Crippen molar-refractivity contribution in [2.75, 3.05) is 7.05 Å². The first-order valence-electron chi connectivity index (χ1n) is 6.52. The van der Waals surface area contributed by atoms with Gasteiger partial charge < -0.3 is 10.6 Å². The molecule has 1 aliphatic rings. The third kappa shape index (κ3) is 3.78. The molecule has 1 saturated carbocycles. The number of amides is 1. The Kier molecular flexibility index (Phi) is 5.26. The van der Waals surface area contributed by atoms with Crippen molar-refractivity contribution in [1.82, 2.24) is 10.6 Å². The maximum atomic E-state index is 11.4. The molecule has 16 heavy (non-hydrogen) atoms. The van der Waals surface area contributed by atoms with Gasteiger partial charge in [-0.05, 0) is 44.4 Å². The highest BCUT2D eigenvalue weighted by atomic mass is 16.2. The van der Waals surface area contributed by atoms with E-state index in [9.17, 15) is 4.79 Å². The second kappa shape index (κ2) is 6.24. The summed E-state index contributed by atoms with van der Waals surface area (Å²) in [6.45, 7) is 6.56. The van der Waals surface area contributed by atoms with Crippen LogP contribution in [0, 0.1) is 11.8 Å². The molecule has 0 aromatic heterocycles. The molecule has 1 fully saturated rings. The fraction of sp³-hybridized carbons (Fsp3) is 0.923. The van der Waals surface area contributed by atoms with Gasteiger partial charge in [-0.2, -0.15) is 0 Å². The van der Waals surface area contributed by atoms with E-state index in [-0.39, 0.29) is 11.9 Å². The Morgan fingerprint density at radius 2 is 1.69 bits per heavy atom. The van der Waals surface area contributed by atoms with Gasteiger partial charge >= 0.3 is 0 Å². The zero-order valence-electron chi connectivity index (χ0n) is 11.0. The standard InChI is InChI=1S/C13H26N2O/c1-9(2)11-5-7-12(8-6-11)15-10(3)13(16)14-4/h9-12,15H,5-8H2,1-4H3,(H,14,16). The Labute approximate surface area is 99.4 Å². The summed E-state index contributed by atoms with van der Waals surface area (Å²) >= 11 is 0. The van der Waals surface area contributed by atoms with E-state index in [1.165, 1.54) is 25.7 Å². The van der Waals surface area contributed by atoms with Crippen LogP contribution in [0.5, 0.6) is 0 Å². The van der Waals surface area contributed by atoms with Gasteiger partial charge in [0.2, 0.25) is 5.91 Å². The zero-order valence-corrected chi connectivity index (χ0v) is 11.0. The minimum absolute atomic E-state index is 0.0643. The molecule has 1 amide bonds. The summed E-state index contributed by atoms with van der Waals surface area (Å²) < 4.78 is 0. The number of carbonyl (C=O) groups is 1. The van der Waals surface area contributed by atoms with Crippen molar-refractivity contribution >= 4 is 5.91 Å². The third-order valence-corrected chi connectivity index (χ3v) is 3.84. The molecule has 1 aliphatic carbocycles. The van der Waals surface area contributed by atoms with Gasteiger partial charge in [0, 0.05) is 13.1 Å². The Bertz CT molecular complexity index is 220. The molecular weight excluding hydrogens is 200 g/mol. The van der Waals surface area contributed by atoms with Crippen LogP contribution in [-0.2, 0) is 4.79 Å². The Morgan fingerprint density at radius 3 is 2.12 bits per heavy atom. The van der Waals surface area contributed by atoms with Gasteiger partial charge in [-0.3, -0.25) is 4.79 Å². The highest BCUT2D eigenvalue weighted by Crippen LogP contribution is 2.29. The lowest BCUT2D eigenvalue weighted by Gasteiger charge is -2.32. The van der Waals surface area contributed by atoms with Crippen molar-refractivity contribution in [3.8, 4) is 0 Å². The first kappa shape index (κ1) is 13.5. The summed E-state index contributed by atoms with van der Waals surface area (Å²) in [7, 11) is 1.69. The molecule has 1 atom stereocenters. The van der Waals surface area contributed by atoms with Gasteiger partial charge in [0.1, 0.15) is 0 Å². The summed E-state index contributed by atoms with van der Waals surface area (Å²) in [4.78, 5) is 11.4. The van der Waals surface area contributed by atoms with E-state index < -0.39 is 0 Å². The molecule has 0 aromatic rings. The quantitative estimate of drug-likeness (QED) is 0.769. The smallest absolute Gasteiger partial charge is 0.236 e. The Hall–Kier alpha value is -0.570. The van der Waals surface area contributed by atoms with E-state index in [0.717, 1.165) is 11.8 Å². The van der Waals surface area contributed by atoms with E-state index >= 15 is 0 Å². The summed E-state index contributed by atoms with van der Waals surface area (Å²) in [5.41, 5.74) is 0. The number of hydrogen-bond acceptors (Lipinski definition) is 2. The van der Waals surface area contributed by atoms with E-state index in [0.29, 0.717) is 6.04 Å². The number of likely N-dealkylation sites (N-methyl/N-ethyl adjacent to an activating group) is 1. The Morgan fingerprint density at radius 1 is 1.12 bits per heavy atom. The molecule has 94 valence electrons. The molecule has 0 radical (unpaired) electrons. The van der Waals surface area contributed by atoms with Gasteiger partial charge in [0.15, 0.2) is 0 Å². The lowest BCUT2D eigenvalue weighted by Crippen LogP contribution is -2.46. The summed E-state index contributed by atoms with van der Waals surface area (Å²) in [5, 5.41) is 6.10. The molecule has 1 rings (SSSR count).